The molecule has 144 valence electrons. The zero-order valence-corrected chi connectivity index (χ0v) is 16.7. The van der Waals surface area contributed by atoms with Crippen LogP contribution in [0, 0.1) is 0 Å². The summed E-state index contributed by atoms with van der Waals surface area (Å²) in [5.74, 6) is 1.04. The molecular formula is C22H29N3OS. The van der Waals surface area contributed by atoms with Crippen LogP contribution in [0.15, 0.2) is 65.6 Å². The first kappa shape index (κ1) is 19.9. The molecular weight excluding hydrogens is 354 g/mol. The molecule has 1 aliphatic rings. The molecule has 1 fully saturated rings. The molecule has 1 N–H and O–H groups in total. The Hall–Kier alpha value is -1.82. The van der Waals surface area contributed by atoms with Gasteiger partial charge in [-0.1, -0.05) is 48.5 Å². The van der Waals surface area contributed by atoms with Gasteiger partial charge in [0.1, 0.15) is 0 Å². The minimum Gasteiger partial charge on any atom is -0.354 e. The summed E-state index contributed by atoms with van der Waals surface area (Å²) in [6.07, 6.45) is 1.12. The quantitative estimate of drug-likeness (QED) is 0.561. The number of carbonyl (C=O) groups is 1. The van der Waals surface area contributed by atoms with E-state index in [1.165, 1.54) is 10.5 Å². The Bertz CT molecular complexity index is 680. The van der Waals surface area contributed by atoms with Crippen molar-refractivity contribution in [3.63, 3.8) is 0 Å². The minimum atomic E-state index is 0.139. The molecule has 2 aromatic carbocycles. The fourth-order valence-corrected chi connectivity index (χ4v) is 4.11. The smallest absolute Gasteiger partial charge is 0.234 e. The molecule has 0 saturated carbocycles. The van der Waals surface area contributed by atoms with Crippen molar-refractivity contribution in [2.45, 2.75) is 17.9 Å². The van der Waals surface area contributed by atoms with E-state index in [9.17, 15) is 4.79 Å². The van der Waals surface area contributed by atoms with Gasteiger partial charge in [0.2, 0.25) is 5.91 Å². The molecule has 0 unspecified atom stereocenters. The highest BCUT2D eigenvalue weighted by molar-refractivity contribution is 7.99. The maximum atomic E-state index is 12.2. The summed E-state index contributed by atoms with van der Waals surface area (Å²) in [5.41, 5.74) is 1.36. The Labute approximate surface area is 166 Å². The third-order valence-corrected chi connectivity index (χ3v) is 5.75. The molecule has 0 spiro atoms. The lowest BCUT2D eigenvalue weighted by atomic mass is 10.2. The number of amides is 1. The van der Waals surface area contributed by atoms with Crippen molar-refractivity contribution in [3.05, 3.63) is 66.2 Å². The predicted octanol–water partition coefficient (Wildman–Crippen LogP) is 3.10. The highest BCUT2D eigenvalue weighted by Gasteiger charge is 2.17. The van der Waals surface area contributed by atoms with Gasteiger partial charge < -0.3 is 5.32 Å². The van der Waals surface area contributed by atoms with Crippen molar-refractivity contribution >= 4 is 17.7 Å². The van der Waals surface area contributed by atoms with Crippen molar-refractivity contribution in [2.24, 2.45) is 0 Å². The topological polar surface area (TPSA) is 35.6 Å². The number of benzene rings is 2. The van der Waals surface area contributed by atoms with Gasteiger partial charge in [-0.3, -0.25) is 14.6 Å². The van der Waals surface area contributed by atoms with Crippen LogP contribution in [0.4, 0.5) is 0 Å². The molecule has 1 heterocycles. The van der Waals surface area contributed by atoms with Gasteiger partial charge in [-0.2, -0.15) is 0 Å². The fraction of sp³-hybridized carbons (Fsp3) is 0.409. The summed E-state index contributed by atoms with van der Waals surface area (Å²) in [7, 11) is 0. The average molecular weight is 384 g/mol. The Morgan fingerprint density at radius 2 is 1.56 bits per heavy atom. The molecule has 0 aliphatic carbocycles. The van der Waals surface area contributed by atoms with Gasteiger partial charge >= 0.3 is 0 Å². The molecule has 27 heavy (non-hydrogen) atoms. The number of thioether (sulfide) groups is 1. The van der Waals surface area contributed by atoms with Crippen LogP contribution in [-0.4, -0.2) is 60.7 Å². The first-order chi connectivity index (χ1) is 13.3. The molecule has 1 saturated heterocycles. The first-order valence-electron chi connectivity index (χ1n) is 9.73. The van der Waals surface area contributed by atoms with Gasteiger partial charge in [0.15, 0.2) is 0 Å². The molecule has 0 bridgehead atoms. The van der Waals surface area contributed by atoms with E-state index in [1.54, 1.807) is 11.8 Å². The summed E-state index contributed by atoms with van der Waals surface area (Å²) in [4.78, 5) is 18.3. The zero-order valence-electron chi connectivity index (χ0n) is 15.8. The standard InChI is InChI=1S/C22H29N3OS/c26-22(23-12-17-27-21-10-5-2-6-11-21)19-25-14-7-13-24(15-16-25)18-20-8-3-1-4-9-20/h1-6,8-11H,7,12-19H2,(H,23,26). The van der Waals surface area contributed by atoms with E-state index in [0.717, 1.165) is 44.9 Å². The summed E-state index contributed by atoms with van der Waals surface area (Å²) < 4.78 is 0. The van der Waals surface area contributed by atoms with E-state index < -0.39 is 0 Å². The Morgan fingerprint density at radius 1 is 0.889 bits per heavy atom. The highest BCUT2D eigenvalue weighted by Crippen LogP contribution is 2.15. The van der Waals surface area contributed by atoms with Crippen LogP contribution < -0.4 is 5.32 Å². The van der Waals surface area contributed by atoms with Gasteiger partial charge in [-0.05, 0) is 37.2 Å². The number of carbonyl (C=O) groups excluding carboxylic acids is 1. The largest absolute Gasteiger partial charge is 0.354 e. The first-order valence-corrected chi connectivity index (χ1v) is 10.7. The van der Waals surface area contributed by atoms with E-state index in [1.807, 2.05) is 18.2 Å². The summed E-state index contributed by atoms with van der Waals surface area (Å²) >= 11 is 1.78. The minimum absolute atomic E-state index is 0.139. The van der Waals surface area contributed by atoms with Crippen LogP contribution in [0.1, 0.15) is 12.0 Å². The zero-order chi connectivity index (χ0) is 18.7. The Balaban J connectivity index is 1.32. The number of hydrogen-bond acceptors (Lipinski definition) is 4. The lowest BCUT2D eigenvalue weighted by molar-refractivity contribution is -0.122. The van der Waals surface area contributed by atoms with Gasteiger partial charge in [-0.15, -0.1) is 11.8 Å². The second-order valence-electron chi connectivity index (χ2n) is 6.90. The van der Waals surface area contributed by atoms with E-state index in [-0.39, 0.29) is 5.91 Å². The van der Waals surface area contributed by atoms with Gasteiger partial charge in [-0.25, -0.2) is 0 Å². The van der Waals surface area contributed by atoms with Gasteiger partial charge in [0.25, 0.3) is 0 Å². The fourth-order valence-electron chi connectivity index (χ4n) is 3.32. The summed E-state index contributed by atoms with van der Waals surface area (Å²) in [6.45, 7) is 6.29. The highest BCUT2D eigenvalue weighted by atomic mass is 32.2. The van der Waals surface area contributed by atoms with Crippen LogP contribution >= 0.6 is 11.8 Å². The van der Waals surface area contributed by atoms with Crippen molar-refractivity contribution in [3.8, 4) is 0 Å². The third-order valence-electron chi connectivity index (χ3n) is 4.73. The van der Waals surface area contributed by atoms with Gasteiger partial charge in [0, 0.05) is 36.8 Å². The molecule has 5 heteroatoms. The second kappa shape index (κ2) is 11.1. The van der Waals surface area contributed by atoms with E-state index in [0.29, 0.717) is 13.1 Å². The number of rotatable bonds is 8. The Morgan fingerprint density at radius 3 is 2.33 bits per heavy atom. The normalized spacial score (nSPS) is 16.0. The van der Waals surface area contributed by atoms with Crippen LogP contribution in [0.2, 0.25) is 0 Å². The predicted molar refractivity (Wildman–Crippen MR) is 113 cm³/mol. The van der Waals surface area contributed by atoms with Crippen LogP contribution in [0.3, 0.4) is 0 Å². The van der Waals surface area contributed by atoms with Crippen LogP contribution in [-0.2, 0) is 11.3 Å². The van der Waals surface area contributed by atoms with E-state index in [4.69, 9.17) is 0 Å². The maximum absolute atomic E-state index is 12.2. The summed E-state index contributed by atoms with van der Waals surface area (Å²) in [5, 5.41) is 3.06. The monoisotopic (exact) mass is 383 g/mol. The maximum Gasteiger partial charge on any atom is 0.234 e. The number of hydrogen-bond donors (Lipinski definition) is 1. The number of nitrogens with zero attached hydrogens (tertiary/aromatic N) is 2. The summed E-state index contributed by atoms with van der Waals surface area (Å²) in [6, 6.07) is 20.9. The Kier molecular flexibility index (Phi) is 8.21. The van der Waals surface area contributed by atoms with Crippen LogP contribution in [0.25, 0.3) is 0 Å². The van der Waals surface area contributed by atoms with Crippen molar-refractivity contribution in [1.82, 2.24) is 15.1 Å². The van der Waals surface area contributed by atoms with Gasteiger partial charge in [0.05, 0.1) is 6.54 Å². The third kappa shape index (κ3) is 7.37. The van der Waals surface area contributed by atoms with E-state index in [2.05, 4.69) is 57.6 Å². The molecule has 2 aromatic rings. The van der Waals surface area contributed by atoms with Crippen molar-refractivity contribution in [1.29, 1.82) is 0 Å². The average Bonchev–Trinajstić information content (AvgIpc) is 2.92. The SMILES string of the molecule is O=C(CN1CCCN(Cc2ccccc2)CC1)NCCSc1ccccc1. The lowest BCUT2D eigenvalue weighted by Crippen LogP contribution is -2.39. The number of nitrogens with one attached hydrogen (secondary N) is 1. The van der Waals surface area contributed by atoms with Crippen LogP contribution in [0.5, 0.6) is 0 Å². The molecule has 4 nitrogen and oxygen atoms in total. The van der Waals surface area contributed by atoms with Crippen molar-refractivity contribution in [2.75, 3.05) is 45.0 Å². The van der Waals surface area contributed by atoms with E-state index >= 15 is 0 Å². The molecule has 1 aliphatic heterocycles. The lowest BCUT2D eigenvalue weighted by Gasteiger charge is -2.21. The molecule has 0 radical (unpaired) electrons. The molecule has 0 atom stereocenters. The second-order valence-corrected chi connectivity index (χ2v) is 8.07. The molecule has 1 amide bonds. The van der Waals surface area contributed by atoms with Crippen molar-refractivity contribution < 1.29 is 4.79 Å². The molecule has 3 rings (SSSR count). The molecule has 0 aromatic heterocycles.